The van der Waals surface area contributed by atoms with Crippen molar-refractivity contribution in [1.82, 2.24) is 0 Å². The van der Waals surface area contributed by atoms with E-state index in [2.05, 4.69) is 0 Å². The van der Waals surface area contributed by atoms with E-state index in [0.717, 1.165) is 0 Å². The monoisotopic (exact) mass is 322 g/mol. The van der Waals surface area contributed by atoms with Crippen molar-refractivity contribution in [2.24, 2.45) is 5.41 Å². The molecule has 0 unspecified atom stereocenters. The third kappa shape index (κ3) is 5.38. The van der Waals surface area contributed by atoms with Gasteiger partial charge in [0.2, 0.25) is 9.05 Å². The fourth-order valence-corrected chi connectivity index (χ4v) is 3.98. The van der Waals surface area contributed by atoms with Gasteiger partial charge >= 0.3 is 0 Å². The van der Waals surface area contributed by atoms with Gasteiger partial charge in [-0.05, 0) is 18.9 Å². The fourth-order valence-electron chi connectivity index (χ4n) is 2.06. The molecule has 0 amide bonds. The zero-order valence-electron chi connectivity index (χ0n) is 11.7. The molecule has 0 heterocycles. The smallest absolute Gasteiger partial charge is 0.233 e. The summed E-state index contributed by atoms with van der Waals surface area (Å²) in [6.07, 6.45) is 1.26. The summed E-state index contributed by atoms with van der Waals surface area (Å²) in [5.74, 6) is -0.456. The molecule has 0 saturated carbocycles. The lowest BCUT2D eigenvalue weighted by Gasteiger charge is -2.30. The molecule has 1 aromatic carbocycles. The Morgan fingerprint density at radius 2 is 1.85 bits per heavy atom. The fraction of sp³-hybridized carbons (Fsp3) is 0.571. The van der Waals surface area contributed by atoms with Gasteiger partial charge in [-0.25, -0.2) is 12.8 Å². The molecule has 0 N–H and O–H groups in total. The zero-order chi connectivity index (χ0) is 15.2. The van der Waals surface area contributed by atoms with Crippen LogP contribution in [0.15, 0.2) is 24.3 Å². The molecule has 6 heteroatoms. The first-order valence-corrected chi connectivity index (χ1v) is 9.03. The van der Waals surface area contributed by atoms with Crippen LogP contribution in [0.2, 0.25) is 0 Å². The molecule has 0 bridgehead atoms. The average molecular weight is 323 g/mol. The molecule has 20 heavy (non-hydrogen) atoms. The van der Waals surface area contributed by atoms with Gasteiger partial charge in [0, 0.05) is 21.7 Å². The van der Waals surface area contributed by atoms with Crippen LogP contribution in [0, 0.1) is 11.2 Å². The molecule has 0 saturated heterocycles. The summed E-state index contributed by atoms with van der Waals surface area (Å²) < 4.78 is 41.6. The highest BCUT2D eigenvalue weighted by Crippen LogP contribution is 2.30. The molecular weight excluding hydrogens is 303 g/mol. The van der Waals surface area contributed by atoms with E-state index in [-0.39, 0.29) is 24.8 Å². The molecule has 0 spiro atoms. The van der Waals surface area contributed by atoms with Crippen LogP contribution < -0.4 is 0 Å². The Morgan fingerprint density at radius 1 is 1.25 bits per heavy atom. The van der Waals surface area contributed by atoms with Gasteiger partial charge in [0.05, 0.1) is 19.0 Å². The molecule has 0 atom stereocenters. The highest BCUT2D eigenvalue weighted by atomic mass is 35.7. The second kappa shape index (κ2) is 7.38. The van der Waals surface area contributed by atoms with Gasteiger partial charge in [-0.3, -0.25) is 0 Å². The Kier molecular flexibility index (Phi) is 6.43. The first-order chi connectivity index (χ1) is 9.32. The van der Waals surface area contributed by atoms with E-state index in [0.29, 0.717) is 18.4 Å². The van der Waals surface area contributed by atoms with E-state index in [1.54, 1.807) is 18.2 Å². The Labute approximate surface area is 124 Å². The van der Waals surface area contributed by atoms with E-state index in [1.165, 1.54) is 6.07 Å². The Morgan fingerprint density at radius 3 is 2.35 bits per heavy atom. The molecule has 3 nitrogen and oxygen atoms in total. The van der Waals surface area contributed by atoms with Gasteiger partial charge in [0.15, 0.2) is 0 Å². The molecule has 0 aliphatic heterocycles. The van der Waals surface area contributed by atoms with E-state index in [4.69, 9.17) is 15.4 Å². The zero-order valence-corrected chi connectivity index (χ0v) is 13.3. The summed E-state index contributed by atoms with van der Waals surface area (Å²) in [4.78, 5) is 0. The summed E-state index contributed by atoms with van der Waals surface area (Å²) >= 11 is 0. The first kappa shape index (κ1) is 17.4. The normalized spacial score (nSPS) is 12.6. The molecule has 0 fully saturated rings. The van der Waals surface area contributed by atoms with Gasteiger partial charge in [0.25, 0.3) is 0 Å². The number of benzene rings is 1. The van der Waals surface area contributed by atoms with Crippen LogP contribution in [-0.4, -0.2) is 20.8 Å². The van der Waals surface area contributed by atoms with Gasteiger partial charge in [0.1, 0.15) is 5.82 Å². The van der Waals surface area contributed by atoms with Gasteiger partial charge in [-0.2, -0.15) is 0 Å². The molecule has 0 aliphatic carbocycles. The van der Waals surface area contributed by atoms with Crippen molar-refractivity contribution in [2.75, 3.05) is 12.4 Å². The quantitative estimate of drug-likeness (QED) is 0.685. The first-order valence-electron chi connectivity index (χ1n) is 6.55. The second-order valence-corrected chi connectivity index (χ2v) is 7.75. The van der Waals surface area contributed by atoms with Crippen LogP contribution in [0.4, 0.5) is 4.39 Å². The van der Waals surface area contributed by atoms with Crippen LogP contribution in [0.5, 0.6) is 0 Å². The van der Waals surface area contributed by atoms with Crippen LogP contribution in [0.3, 0.4) is 0 Å². The Balaban J connectivity index is 2.66. The number of halogens is 2. The third-order valence-corrected chi connectivity index (χ3v) is 4.89. The standard InChI is InChI=1S/C14H20ClFO3S/c1-3-14(4-2,11-20(15,17)18)10-19-9-12-7-5-6-8-13(12)16/h5-8H,3-4,9-11H2,1-2H3. The van der Waals surface area contributed by atoms with Gasteiger partial charge < -0.3 is 4.74 Å². The maximum Gasteiger partial charge on any atom is 0.233 e. The number of rotatable bonds is 8. The van der Waals surface area contributed by atoms with Crippen molar-refractivity contribution < 1.29 is 17.5 Å². The molecule has 0 radical (unpaired) electrons. The minimum atomic E-state index is -3.59. The summed E-state index contributed by atoms with van der Waals surface area (Å²) in [5.41, 5.74) is -0.0615. The molecular formula is C14H20ClFO3S. The lowest BCUT2D eigenvalue weighted by atomic mass is 9.85. The molecule has 0 aromatic heterocycles. The minimum Gasteiger partial charge on any atom is -0.376 e. The van der Waals surface area contributed by atoms with Gasteiger partial charge in [-0.1, -0.05) is 32.0 Å². The van der Waals surface area contributed by atoms with Gasteiger partial charge in [-0.15, -0.1) is 0 Å². The van der Waals surface area contributed by atoms with E-state index < -0.39 is 14.5 Å². The van der Waals surface area contributed by atoms with E-state index in [1.807, 2.05) is 13.8 Å². The number of hydrogen-bond acceptors (Lipinski definition) is 3. The number of ether oxygens (including phenoxy) is 1. The highest BCUT2D eigenvalue weighted by molar-refractivity contribution is 8.13. The van der Waals surface area contributed by atoms with Crippen molar-refractivity contribution in [3.63, 3.8) is 0 Å². The summed E-state index contributed by atoms with van der Waals surface area (Å²) in [7, 11) is 1.76. The summed E-state index contributed by atoms with van der Waals surface area (Å²) in [6, 6.07) is 6.36. The highest BCUT2D eigenvalue weighted by Gasteiger charge is 2.32. The van der Waals surface area contributed by atoms with Crippen LogP contribution in [0.1, 0.15) is 32.3 Å². The SMILES string of the molecule is CCC(CC)(COCc1ccccc1F)CS(=O)(=O)Cl. The van der Waals surface area contributed by atoms with Crippen molar-refractivity contribution in [2.45, 2.75) is 33.3 Å². The predicted octanol–water partition coefficient (Wildman–Crippen LogP) is 3.72. The van der Waals surface area contributed by atoms with Crippen molar-refractivity contribution in [3.05, 3.63) is 35.6 Å². The second-order valence-electron chi connectivity index (χ2n) is 4.97. The molecule has 1 aromatic rings. The van der Waals surface area contributed by atoms with Crippen LogP contribution >= 0.6 is 10.7 Å². The number of hydrogen-bond donors (Lipinski definition) is 0. The maximum absolute atomic E-state index is 13.4. The lowest BCUT2D eigenvalue weighted by Crippen LogP contribution is -2.32. The molecule has 1 rings (SSSR count). The topological polar surface area (TPSA) is 43.4 Å². The third-order valence-electron chi connectivity index (χ3n) is 3.60. The van der Waals surface area contributed by atoms with Crippen molar-refractivity contribution in [1.29, 1.82) is 0 Å². The van der Waals surface area contributed by atoms with Crippen LogP contribution in [-0.2, 0) is 20.4 Å². The minimum absolute atomic E-state index is 0.122. The van der Waals surface area contributed by atoms with Crippen molar-refractivity contribution >= 4 is 19.7 Å². The largest absolute Gasteiger partial charge is 0.376 e. The van der Waals surface area contributed by atoms with Crippen LogP contribution in [0.25, 0.3) is 0 Å². The van der Waals surface area contributed by atoms with Crippen molar-refractivity contribution in [3.8, 4) is 0 Å². The average Bonchev–Trinajstić information content (AvgIpc) is 2.38. The Bertz CT molecular complexity index is 527. The molecule has 0 aliphatic rings. The molecule has 114 valence electrons. The predicted molar refractivity (Wildman–Crippen MR) is 78.7 cm³/mol. The van der Waals surface area contributed by atoms with E-state index >= 15 is 0 Å². The summed E-state index contributed by atoms with van der Waals surface area (Å²) in [6.45, 7) is 4.16. The Hall–Kier alpha value is -0.650. The van der Waals surface area contributed by atoms with E-state index in [9.17, 15) is 12.8 Å². The summed E-state index contributed by atoms with van der Waals surface area (Å²) in [5, 5.41) is 0. The lowest BCUT2D eigenvalue weighted by molar-refractivity contribution is 0.0387. The maximum atomic E-state index is 13.4.